The molecule has 2 heterocycles. The molecule has 0 bridgehead atoms. The second kappa shape index (κ2) is 6.34. The maximum Gasteiger partial charge on any atom is 0.451 e. The Balaban J connectivity index is 2.44. The summed E-state index contributed by atoms with van der Waals surface area (Å²) < 4.78 is 38.7. The fourth-order valence-electron chi connectivity index (χ4n) is 2.07. The summed E-state index contributed by atoms with van der Waals surface area (Å²) in [6.07, 6.45) is -5.60. The number of nitrogens with one attached hydrogen (secondary N) is 2. The Kier molecular flexibility index (Phi) is 4.62. The van der Waals surface area contributed by atoms with E-state index in [1.54, 1.807) is 6.92 Å². The van der Waals surface area contributed by atoms with Gasteiger partial charge in [-0.05, 0) is 19.4 Å². The molecule has 0 saturated carbocycles. The van der Waals surface area contributed by atoms with Gasteiger partial charge in [0.05, 0.1) is 5.39 Å². The van der Waals surface area contributed by atoms with Gasteiger partial charge in [-0.3, -0.25) is 4.79 Å². The predicted octanol–water partition coefficient (Wildman–Crippen LogP) is 2.02. The molecule has 0 aliphatic rings. The highest BCUT2D eigenvalue weighted by atomic mass is 19.4. The van der Waals surface area contributed by atoms with Crippen molar-refractivity contribution in [3.8, 4) is 0 Å². The Morgan fingerprint density at radius 3 is 2.54 bits per heavy atom. The molecular weight excluding hydrogens is 333 g/mol. The van der Waals surface area contributed by atoms with Gasteiger partial charge in [0.1, 0.15) is 17.5 Å². The number of aromatic amines is 1. The van der Waals surface area contributed by atoms with Gasteiger partial charge in [0.15, 0.2) is 0 Å². The minimum absolute atomic E-state index is 0.0975. The molecule has 11 heteroatoms. The minimum atomic E-state index is -4.82. The molecule has 0 saturated heterocycles. The van der Waals surface area contributed by atoms with Crippen LogP contribution in [0.3, 0.4) is 0 Å². The van der Waals surface area contributed by atoms with Crippen molar-refractivity contribution in [1.29, 1.82) is 0 Å². The number of fused-ring (bicyclic) bond motifs is 1. The molecule has 24 heavy (non-hydrogen) atoms. The number of H-pyrrole nitrogens is 1. The van der Waals surface area contributed by atoms with Gasteiger partial charge in [0.2, 0.25) is 5.82 Å². The Labute approximate surface area is 132 Å². The van der Waals surface area contributed by atoms with Crippen LogP contribution < -0.4 is 5.32 Å². The van der Waals surface area contributed by atoms with E-state index in [1.165, 1.54) is 6.07 Å². The van der Waals surface area contributed by atoms with Gasteiger partial charge < -0.3 is 20.5 Å². The van der Waals surface area contributed by atoms with Gasteiger partial charge in [-0.15, -0.1) is 0 Å². The average Bonchev–Trinajstić information content (AvgIpc) is 2.81. The molecule has 0 spiro atoms. The van der Waals surface area contributed by atoms with Crippen molar-refractivity contribution in [2.75, 3.05) is 5.32 Å². The SMILES string of the molecule is Cc1cc2c(NC(CCC(=O)O)C(=O)O)nc(C(F)(F)F)nc2[nH]1. The van der Waals surface area contributed by atoms with Crippen LogP contribution in [0, 0.1) is 6.92 Å². The summed E-state index contributed by atoms with van der Waals surface area (Å²) in [7, 11) is 0. The molecule has 8 nitrogen and oxygen atoms in total. The smallest absolute Gasteiger partial charge is 0.451 e. The number of nitrogens with zero attached hydrogens (tertiary/aromatic N) is 2. The quantitative estimate of drug-likeness (QED) is 0.630. The van der Waals surface area contributed by atoms with Crippen LogP contribution in [-0.4, -0.2) is 43.1 Å². The molecule has 2 rings (SSSR count). The van der Waals surface area contributed by atoms with Crippen molar-refractivity contribution in [3.63, 3.8) is 0 Å². The molecule has 0 aromatic carbocycles. The van der Waals surface area contributed by atoms with Gasteiger partial charge >= 0.3 is 18.1 Å². The van der Waals surface area contributed by atoms with Crippen LogP contribution in [0.25, 0.3) is 11.0 Å². The van der Waals surface area contributed by atoms with E-state index in [0.717, 1.165) is 0 Å². The maximum absolute atomic E-state index is 12.9. The number of aromatic nitrogens is 3. The highest BCUT2D eigenvalue weighted by Crippen LogP contribution is 2.31. The van der Waals surface area contributed by atoms with Gasteiger partial charge in [0.25, 0.3) is 0 Å². The third kappa shape index (κ3) is 3.91. The first kappa shape index (κ1) is 17.5. The molecular formula is C13H13F3N4O4. The van der Waals surface area contributed by atoms with Crippen molar-refractivity contribution in [1.82, 2.24) is 15.0 Å². The molecule has 1 unspecified atom stereocenters. The highest BCUT2D eigenvalue weighted by Gasteiger charge is 2.36. The highest BCUT2D eigenvalue weighted by molar-refractivity contribution is 5.90. The fourth-order valence-corrected chi connectivity index (χ4v) is 2.07. The monoisotopic (exact) mass is 346 g/mol. The summed E-state index contributed by atoms with van der Waals surface area (Å²) in [5, 5.41) is 20.3. The molecule has 0 radical (unpaired) electrons. The number of carboxylic acid groups (broad SMARTS) is 2. The van der Waals surface area contributed by atoms with Gasteiger partial charge in [-0.2, -0.15) is 13.2 Å². The summed E-state index contributed by atoms with van der Waals surface area (Å²) in [5.74, 6) is -4.37. The molecule has 0 amide bonds. The van der Waals surface area contributed by atoms with E-state index in [-0.39, 0.29) is 23.3 Å². The minimum Gasteiger partial charge on any atom is -0.481 e. The van der Waals surface area contributed by atoms with Crippen LogP contribution in [0.15, 0.2) is 6.07 Å². The van der Waals surface area contributed by atoms with Crippen molar-refractivity contribution in [2.45, 2.75) is 32.0 Å². The molecule has 130 valence electrons. The van der Waals surface area contributed by atoms with Crippen molar-refractivity contribution in [2.24, 2.45) is 0 Å². The van der Waals surface area contributed by atoms with E-state index in [2.05, 4.69) is 20.3 Å². The van der Waals surface area contributed by atoms with E-state index in [1.807, 2.05) is 0 Å². The van der Waals surface area contributed by atoms with Crippen LogP contribution in [0.1, 0.15) is 24.4 Å². The number of anilines is 1. The molecule has 0 aliphatic heterocycles. The zero-order chi connectivity index (χ0) is 18.1. The van der Waals surface area contributed by atoms with E-state index < -0.39 is 36.4 Å². The van der Waals surface area contributed by atoms with Crippen LogP contribution in [0.2, 0.25) is 0 Å². The summed E-state index contributed by atoms with van der Waals surface area (Å²) in [5.41, 5.74) is 0.416. The number of hydrogen-bond donors (Lipinski definition) is 4. The topological polar surface area (TPSA) is 128 Å². The molecule has 2 aromatic rings. The number of hydrogen-bond acceptors (Lipinski definition) is 5. The van der Waals surface area contributed by atoms with Gasteiger partial charge in [-0.1, -0.05) is 0 Å². The Morgan fingerprint density at radius 2 is 2.00 bits per heavy atom. The Bertz CT molecular complexity index is 787. The Hall–Kier alpha value is -2.85. The lowest BCUT2D eigenvalue weighted by Crippen LogP contribution is -2.31. The number of aliphatic carboxylic acids is 2. The van der Waals surface area contributed by atoms with Crippen molar-refractivity contribution < 1.29 is 33.0 Å². The largest absolute Gasteiger partial charge is 0.481 e. The molecule has 0 fully saturated rings. The van der Waals surface area contributed by atoms with Gasteiger partial charge in [-0.25, -0.2) is 14.8 Å². The summed E-state index contributed by atoms with van der Waals surface area (Å²) >= 11 is 0. The van der Waals surface area contributed by atoms with Crippen LogP contribution >= 0.6 is 0 Å². The van der Waals surface area contributed by atoms with E-state index in [9.17, 15) is 22.8 Å². The number of carboxylic acids is 2. The molecule has 0 aliphatic carbocycles. The predicted molar refractivity (Wildman–Crippen MR) is 75.5 cm³/mol. The molecule has 1 atom stereocenters. The van der Waals surface area contributed by atoms with Crippen LogP contribution in [0.4, 0.5) is 19.0 Å². The van der Waals surface area contributed by atoms with E-state index in [0.29, 0.717) is 5.69 Å². The first-order valence-electron chi connectivity index (χ1n) is 6.73. The number of aryl methyl sites for hydroxylation is 1. The lowest BCUT2D eigenvalue weighted by Gasteiger charge is -2.16. The second-order valence-corrected chi connectivity index (χ2v) is 5.08. The third-order valence-corrected chi connectivity index (χ3v) is 3.13. The zero-order valence-corrected chi connectivity index (χ0v) is 12.3. The van der Waals surface area contributed by atoms with Crippen LogP contribution in [0.5, 0.6) is 0 Å². The summed E-state index contributed by atoms with van der Waals surface area (Å²) in [6, 6.07) is 0.0592. The number of halogens is 3. The molecule has 4 N–H and O–H groups in total. The van der Waals surface area contributed by atoms with E-state index in [4.69, 9.17) is 10.2 Å². The zero-order valence-electron chi connectivity index (χ0n) is 12.3. The van der Waals surface area contributed by atoms with Gasteiger partial charge in [0, 0.05) is 12.1 Å². The normalized spacial score (nSPS) is 13.0. The number of carbonyl (C=O) groups is 2. The average molecular weight is 346 g/mol. The number of rotatable bonds is 6. The van der Waals surface area contributed by atoms with Crippen molar-refractivity contribution in [3.05, 3.63) is 17.6 Å². The summed E-state index contributed by atoms with van der Waals surface area (Å²) in [4.78, 5) is 31.2. The first-order valence-corrected chi connectivity index (χ1v) is 6.73. The third-order valence-electron chi connectivity index (χ3n) is 3.13. The first-order chi connectivity index (χ1) is 11.1. The van der Waals surface area contributed by atoms with Crippen LogP contribution in [-0.2, 0) is 15.8 Å². The number of alkyl halides is 3. The Morgan fingerprint density at radius 1 is 1.33 bits per heavy atom. The maximum atomic E-state index is 12.9. The lowest BCUT2D eigenvalue weighted by molar-refractivity contribution is -0.144. The second-order valence-electron chi connectivity index (χ2n) is 5.08. The van der Waals surface area contributed by atoms with Crippen molar-refractivity contribution >= 4 is 28.8 Å². The summed E-state index contributed by atoms with van der Waals surface area (Å²) in [6.45, 7) is 1.60. The van der Waals surface area contributed by atoms with E-state index >= 15 is 0 Å². The molecule has 2 aromatic heterocycles. The standard InChI is InChI=1S/C13H13F3N4O4/c1-5-4-6-9(17-5)19-12(13(14,15)16)20-10(6)18-7(11(23)24)2-3-8(21)22/h4,7H,2-3H2,1H3,(H,21,22)(H,23,24)(H2,17,18,19,20). The fraction of sp³-hybridized carbons (Fsp3) is 0.385. The lowest BCUT2D eigenvalue weighted by atomic mass is 10.1.